The Labute approximate surface area is 153 Å². The molecule has 5 nitrogen and oxygen atoms in total. The van der Waals surface area contributed by atoms with Gasteiger partial charge in [0.15, 0.2) is 11.5 Å². The normalized spacial score (nSPS) is 14.2. The van der Waals surface area contributed by atoms with Crippen LogP contribution in [0.25, 0.3) is 0 Å². The molecule has 0 radical (unpaired) electrons. The minimum atomic E-state index is -0.444. The van der Waals surface area contributed by atoms with Crippen molar-refractivity contribution in [2.45, 2.75) is 13.0 Å². The molecule has 0 fully saturated rings. The number of benzene rings is 1. The van der Waals surface area contributed by atoms with Gasteiger partial charge in [0.1, 0.15) is 18.9 Å². The summed E-state index contributed by atoms with van der Waals surface area (Å²) in [5.41, 5.74) is 0.888. The largest absolute Gasteiger partial charge is 0.486 e. The number of carbonyl (C=O) groups excluding carboxylic acids is 1. The van der Waals surface area contributed by atoms with Gasteiger partial charge in [-0.15, -0.1) is 0 Å². The highest BCUT2D eigenvalue weighted by atomic mass is 35.5. The Hall–Kier alpha value is -1.69. The first-order valence-corrected chi connectivity index (χ1v) is 8.30. The number of halogens is 3. The lowest BCUT2D eigenvalue weighted by Crippen LogP contribution is -2.28. The number of pyridine rings is 1. The van der Waals surface area contributed by atoms with Gasteiger partial charge in [0.25, 0.3) is 5.91 Å². The van der Waals surface area contributed by atoms with Crippen LogP contribution < -0.4 is 14.8 Å². The molecule has 0 unspecified atom stereocenters. The third-order valence-corrected chi connectivity index (χ3v) is 4.79. The molecule has 126 valence electrons. The highest BCUT2D eigenvalue weighted by Gasteiger charge is 2.20. The molecule has 0 saturated carbocycles. The molecule has 2 aromatic rings. The summed E-state index contributed by atoms with van der Waals surface area (Å²) in [6, 6.07) is 5.23. The predicted molar refractivity (Wildman–Crippen MR) is 92.6 cm³/mol. The van der Waals surface area contributed by atoms with E-state index in [-0.39, 0.29) is 26.8 Å². The molecule has 0 bridgehead atoms. The lowest BCUT2D eigenvalue weighted by molar-refractivity contribution is 0.0935. The Morgan fingerprint density at radius 2 is 1.88 bits per heavy atom. The molecule has 0 aliphatic carbocycles. The minimum Gasteiger partial charge on any atom is -0.486 e. The predicted octanol–water partition coefficient (Wildman–Crippen LogP) is 4.30. The van der Waals surface area contributed by atoms with E-state index in [0.717, 1.165) is 5.56 Å². The summed E-state index contributed by atoms with van der Waals surface area (Å²) >= 11 is 17.8. The summed E-state index contributed by atoms with van der Waals surface area (Å²) in [5, 5.41) is 3.14. The first-order valence-electron chi connectivity index (χ1n) is 7.17. The van der Waals surface area contributed by atoms with Gasteiger partial charge in [-0.1, -0.05) is 40.9 Å². The third-order valence-electron chi connectivity index (χ3n) is 3.55. The van der Waals surface area contributed by atoms with E-state index in [4.69, 9.17) is 44.3 Å². The van der Waals surface area contributed by atoms with Gasteiger partial charge in [-0.2, -0.15) is 0 Å². The van der Waals surface area contributed by atoms with Crippen molar-refractivity contribution in [3.8, 4) is 11.5 Å². The van der Waals surface area contributed by atoms with Crippen LogP contribution in [-0.2, 0) is 0 Å². The number of nitrogens with one attached hydrogen (secondary N) is 1. The molecule has 8 heteroatoms. The number of rotatable bonds is 3. The summed E-state index contributed by atoms with van der Waals surface area (Å²) in [5.74, 6) is 0.907. The Balaban J connectivity index is 1.78. The Bertz CT molecular complexity index is 798. The maximum Gasteiger partial charge on any atom is 0.271 e. The van der Waals surface area contributed by atoms with Gasteiger partial charge < -0.3 is 14.8 Å². The summed E-state index contributed by atoms with van der Waals surface area (Å²) in [6.45, 7) is 2.87. The van der Waals surface area contributed by atoms with Crippen LogP contribution in [0.5, 0.6) is 11.5 Å². The molecule has 0 spiro atoms. The van der Waals surface area contributed by atoms with Crippen molar-refractivity contribution in [2.75, 3.05) is 13.2 Å². The SMILES string of the molecule is C[C@H](NC(=O)c1ncc(Cl)c(Cl)c1Cl)c1ccc2c(c1)OCCO2. The van der Waals surface area contributed by atoms with Crippen molar-refractivity contribution in [3.05, 3.63) is 50.7 Å². The number of hydrogen-bond donors (Lipinski definition) is 1. The highest BCUT2D eigenvalue weighted by Crippen LogP contribution is 2.33. The van der Waals surface area contributed by atoms with Gasteiger partial charge in [0, 0.05) is 6.20 Å². The van der Waals surface area contributed by atoms with E-state index < -0.39 is 5.91 Å². The van der Waals surface area contributed by atoms with E-state index in [1.165, 1.54) is 6.20 Å². The summed E-state index contributed by atoms with van der Waals surface area (Å²) in [4.78, 5) is 16.3. The molecular formula is C16H13Cl3N2O3. The third kappa shape index (κ3) is 3.38. The lowest BCUT2D eigenvalue weighted by Gasteiger charge is -2.21. The van der Waals surface area contributed by atoms with Gasteiger partial charge in [-0.3, -0.25) is 4.79 Å². The second-order valence-corrected chi connectivity index (χ2v) is 6.34. The molecule has 1 aromatic heterocycles. The number of carbonyl (C=O) groups is 1. The van der Waals surface area contributed by atoms with E-state index in [1.54, 1.807) is 0 Å². The van der Waals surface area contributed by atoms with Crippen LogP contribution in [0.1, 0.15) is 29.0 Å². The molecule has 24 heavy (non-hydrogen) atoms. The maximum absolute atomic E-state index is 12.4. The monoisotopic (exact) mass is 386 g/mol. The fourth-order valence-corrected chi connectivity index (χ4v) is 2.85. The fourth-order valence-electron chi connectivity index (χ4n) is 2.28. The number of fused-ring (bicyclic) bond motifs is 1. The number of nitrogens with zero attached hydrogens (tertiary/aromatic N) is 1. The smallest absolute Gasteiger partial charge is 0.271 e. The molecule has 1 amide bonds. The molecular weight excluding hydrogens is 375 g/mol. The van der Waals surface area contributed by atoms with Gasteiger partial charge in [0.2, 0.25) is 0 Å². The first-order chi connectivity index (χ1) is 11.5. The zero-order valence-electron chi connectivity index (χ0n) is 12.6. The maximum atomic E-state index is 12.4. The Morgan fingerprint density at radius 3 is 2.62 bits per heavy atom. The number of ether oxygens (including phenoxy) is 2. The number of aromatic nitrogens is 1. The van der Waals surface area contributed by atoms with Crippen molar-refractivity contribution in [1.29, 1.82) is 0 Å². The quantitative estimate of drug-likeness (QED) is 0.853. The van der Waals surface area contributed by atoms with Crippen molar-refractivity contribution < 1.29 is 14.3 Å². The van der Waals surface area contributed by atoms with Gasteiger partial charge in [-0.25, -0.2) is 4.98 Å². The summed E-state index contributed by atoms with van der Waals surface area (Å²) < 4.78 is 11.0. The number of amides is 1. The lowest BCUT2D eigenvalue weighted by atomic mass is 10.1. The molecule has 1 aliphatic heterocycles. The summed E-state index contributed by atoms with van der Waals surface area (Å²) in [6.07, 6.45) is 1.29. The van der Waals surface area contributed by atoms with Crippen LogP contribution in [0.3, 0.4) is 0 Å². The topological polar surface area (TPSA) is 60.5 Å². The fraction of sp³-hybridized carbons (Fsp3) is 0.250. The molecule has 2 heterocycles. The Kier molecular flexibility index (Phi) is 5.04. The molecule has 1 aliphatic rings. The number of hydrogen-bond acceptors (Lipinski definition) is 4. The van der Waals surface area contributed by atoms with E-state index >= 15 is 0 Å². The van der Waals surface area contributed by atoms with Crippen LogP contribution in [0.4, 0.5) is 0 Å². The minimum absolute atomic E-state index is 0.0236. The first kappa shape index (κ1) is 17.1. The van der Waals surface area contributed by atoms with Gasteiger partial charge in [0.05, 0.1) is 21.1 Å². The van der Waals surface area contributed by atoms with Crippen LogP contribution in [0, 0.1) is 0 Å². The molecule has 0 saturated heterocycles. The van der Waals surface area contributed by atoms with Crippen LogP contribution in [-0.4, -0.2) is 24.1 Å². The molecule has 1 aromatic carbocycles. The summed E-state index contributed by atoms with van der Waals surface area (Å²) in [7, 11) is 0. The average molecular weight is 388 g/mol. The van der Waals surface area contributed by atoms with E-state index in [9.17, 15) is 4.79 Å². The van der Waals surface area contributed by atoms with Crippen molar-refractivity contribution >= 4 is 40.7 Å². The Morgan fingerprint density at radius 1 is 1.17 bits per heavy atom. The zero-order valence-corrected chi connectivity index (χ0v) is 14.9. The van der Waals surface area contributed by atoms with Crippen LogP contribution >= 0.6 is 34.8 Å². The average Bonchev–Trinajstić information content (AvgIpc) is 2.59. The van der Waals surface area contributed by atoms with Crippen LogP contribution in [0.2, 0.25) is 15.1 Å². The molecule has 1 N–H and O–H groups in total. The standard InChI is InChI=1S/C16H13Cl3N2O3/c1-8(9-2-3-11-12(6-9)24-5-4-23-11)21-16(22)15-14(19)13(18)10(17)7-20-15/h2-3,6-8H,4-5H2,1H3,(H,21,22)/t8-/m0/s1. The van der Waals surface area contributed by atoms with E-state index in [1.807, 2.05) is 25.1 Å². The highest BCUT2D eigenvalue weighted by molar-refractivity contribution is 6.48. The van der Waals surface area contributed by atoms with Gasteiger partial charge >= 0.3 is 0 Å². The molecule has 1 atom stereocenters. The van der Waals surface area contributed by atoms with Crippen molar-refractivity contribution in [1.82, 2.24) is 10.3 Å². The second kappa shape index (κ2) is 7.05. The molecule has 3 rings (SSSR count). The van der Waals surface area contributed by atoms with E-state index in [2.05, 4.69) is 10.3 Å². The second-order valence-electron chi connectivity index (χ2n) is 5.18. The van der Waals surface area contributed by atoms with Crippen LogP contribution in [0.15, 0.2) is 24.4 Å². The van der Waals surface area contributed by atoms with Gasteiger partial charge in [-0.05, 0) is 24.6 Å². The zero-order chi connectivity index (χ0) is 17.3. The van der Waals surface area contributed by atoms with Crippen molar-refractivity contribution in [2.24, 2.45) is 0 Å². The van der Waals surface area contributed by atoms with E-state index in [0.29, 0.717) is 24.7 Å². The van der Waals surface area contributed by atoms with Crippen molar-refractivity contribution in [3.63, 3.8) is 0 Å².